The minimum absolute atomic E-state index is 0.0175. The second-order valence-electron chi connectivity index (χ2n) is 16.0. The Kier molecular flexibility index (Phi) is 7.78. The average molecular weight is 607 g/mol. The van der Waals surface area contributed by atoms with Crippen molar-refractivity contribution < 1.29 is 24.2 Å². The maximum absolute atomic E-state index is 14.3. The number of aliphatic hydroxyl groups is 1. The number of hydrogen-bond acceptors (Lipinski definition) is 6. The van der Waals surface area contributed by atoms with Crippen molar-refractivity contribution in [2.45, 2.75) is 118 Å². The van der Waals surface area contributed by atoms with E-state index in [-0.39, 0.29) is 64.9 Å². The molecule has 4 saturated carbocycles. The summed E-state index contributed by atoms with van der Waals surface area (Å²) in [7, 11) is 0. The van der Waals surface area contributed by atoms with E-state index >= 15 is 0 Å². The van der Waals surface area contributed by atoms with Gasteiger partial charge in [-0.15, -0.1) is 0 Å². The number of rotatable bonds is 7. The number of aliphatic hydroxyl groups excluding tert-OH is 1. The summed E-state index contributed by atoms with van der Waals surface area (Å²) in [5.41, 5.74) is 0.912. The summed E-state index contributed by atoms with van der Waals surface area (Å²) in [6, 6.07) is 0. The topological polar surface area (TPSA) is 90.7 Å². The zero-order valence-corrected chi connectivity index (χ0v) is 27.9. The Morgan fingerprint density at radius 1 is 1.11 bits per heavy atom. The molecule has 7 heteroatoms. The highest BCUT2D eigenvalue weighted by atomic mass is 16.5. The standard InChI is InChI=1S/C37H54N2O5/c1-22(2)25-10-13-37(33(42)43-19-9-17-39-18-16-38-24(39)5)15-14-34(6)27(31(25)37)20-28-32-35(34,7)12-11-26(23(3)4)36(32,8)29(40)21-30(41)44-28/h16,18,25-29,31-32,40H,1,3,9-15,17,19-21H2,2,4-8H3/t25-,26-,27+,28+,29+,31+,32-,34+,35+,36+,37-/m0/s1. The van der Waals surface area contributed by atoms with Crippen LogP contribution in [-0.2, 0) is 25.6 Å². The molecule has 1 aliphatic heterocycles. The molecular formula is C37H54N2O5. The van der Waals surface area contributed by atoms with Crippen LogP contribution in [0, 0.1) is 58.2 Å². The highest BCUT2D eigenvalue weighted by molar-refractivity contribution is 5.78. The maximum atomic E-state index is 14.3. The third-order valence-electron chi connectivity index (χ3n) is 14.2. The first kappa shape index (κ1) is 31.6. The number of esters is 2. The number of hydrogen-bond donors (Lipinski definition) is 1. The predicted octanol–water partition coefficient (Wildman–Crippen LogP) is 6.82. The van der Waals surface area contributed by atoms with Gasteiger partial charge in [0.25, 0.3) is 0 Å². The second kappa shape index (κ2) is 10.8. The first-order valence-electron chi connectivity index (χ1n) is 17.0. The Labute approximate surface area is 263 Å². The normalized spacial score (nSPS) is 44.4. The minimum atomic E-state index is -0.773. The largest absolute Gasteiger partial charge is 0.465 e. The van der Waals surface area contributed by atoms with Crippen LogP contribution in [0.5, 0.6) is 0 Å². The van der Waals surface area contributed by atoms with E-state index in [2.05, 4.69) is 57.3 Å². The van der Waals surface area contributed by atoms with Gasteiger partial charge in [0.1, 0.15) is 11.9 Å². The van der Waals surface area contributed by atoms with E-state index in [0.29, 0.717) is 6.61 Å². The molecule has 7 nitrogen and oxygen atoms in total. The predicted molar refractivity (Wildman–Crippen MR) is 169 cm³/mol. The number of aryl methyl sites for hydroxylation is 2. The van der Waals surface area contributed by atoms with Crippen LogP contribution in [0.2, 0.25) is 0 Å². The lowest BCUT2D eigenvalue weighted by molar-refractivity contribution is -0.260. The number of carbonyl (C=O) groups is 2. The second-order valence-corrected chi connectivity index (χ2v) is 16.0. The van der Waals surface area contributed by atoms with Gasteiger partial charge >= 0.3 is 11.9 Å². The molecule has 1 aromatic heterocycles. The Hall–Kier alpha value is -2.41. The maximum Gasteiger partial charge on any atom is 0.312 e. The molecule has 0 radical (unpaired) electrons. The molecule has 1 N–H and O–H groups in total. The Balaban J connectivity index is 1.35. The Morgan fingerprint density at radius 3 is 2.52 bits per heavy atom. The van der Waals surface area contributed by atoms with Gasteiger partial charge in [-0.05, 0) is 107 Å². The van der Waals surface area contributed by atoms with Crippen molar-refractivity contribution in [3.63, 3.8) is 0 Å². The van der Waals surface area contributed by atoms with Crippen molar-refractivity contribution in [3.05, 3.63) is 42.5 Å². The monoisotopic (exact) mass is 606 g/mol. The molecule has 4 aliphatic carbocycles. The van der Waals surface area contributed by atoms with Crippen LogP contribution < -0.4 is 0 Å². The van der Waals surface area contributed by atoms with E-state index in [1.165, 1.54) is 0 Å². The SMILES string of the molecule is C=C(C)[C@@H]1CC[C@]2(C(=O)OCCCn3ccnc3C)CC[C@]3(C)[C@H](C[C@H]4OC(=O)C[C@@H](O)[C@]5(C)[C@@H]4[C@@]3(C)CC[C@H]5C(=C)C)[C@@H]12. The summed E-state index contributed by atoms with van der Waals surface area (Å²) in [5.74, 6) is 1.26. The number of ether oxygens (including phenoxy) is 2. The molecule has 242 valence electrons. The molecule has 11 atom stereocenters. The molecule has 44 heavy (non-hydrogen) atoms. The molecule has 0 aromatic carbocycles. The number of carbonyl (C=O) groups excluding carboxylic acids is 2. The van der Waals surface area contributed by atoms with E-state index in [1.807, 2.05) is 13.1 Å². The van der Waals surface area contributed by atoms with Crippen molar-refractivity contribution in [1.82, 2.24) is 9.55 Å². The van der Waals surface area contributed by atoms with Gasteiger partial charge < -0.3 is 19.1 Å². The number of allylic oxidation sites excluding steroid dienone is 2. The fourth-order valence-corrected chi connectivity index (χ4v) is 11.9. The summed E-state index contributed by atoms with van der Waals surface area (Å²) in [6.45, 7) is 23.2. The molecule has 5 aliphatic rings. The van der Waals surface area contributed by atoms with Gasteiger partial charge in [-0.2, -0.15) is 0 Å². The summed E-state index contributed by atoms with van der Waals surface area (Å²) >= 11 is 0. The first-order chi connectivity index (χ1) is 20.7. The summed E-state index contributed by atoms with van der Waals surface area (Å²) in [5, 5.41) is 11.7. The van der Waals surface area contributed by atoms with Gasteiger partial charge in [-0.1, -0.05) is 45.1 Å². The van der Waals surface area contributed by atoms with E-state index < -0.39 is 16.9 Å². The van der Waals surface area contributed by atoms with Crippen LogP contribution in [0.25, 0.3) is 0 Å². The van der Waals surface area contributed by atoms with E-state index in [1.54, 1.807) is 6.20 Å². The van der Waals surface area contributed by atoms with Crippen molar-refractivity contribution in [1.29, 1.82) is 0 Å². The van der Waals surface area contributed by atoms with Crippen LogP contribution in [-0.4, -0.2) is 45.4 Å². The lowest BCUT2D eigenvalue weighted by Crippen LogP contribution is -2.69. The Morgan fingerprint density at radius 2 is 1.86 bits per heavy atom. The summed E-state index contributed by atoms with van der Waals surface area (Å²) in [6.07, 6.45) is 9.62. The smallest absolute Gasteiger partial charge is 0.312 e. The molecule has 6 rings (SSSR count). The molecule has 1 saturated heterocycles. The Bertz CT molecular complexity index is 1350. The molecular weight excluding hydrogens is 552 g/mol. The van der Waals surface area contributed by atoms with Crippen molar-refractivity contribution in [2.24, 2.45) is 51.2 Å². The van der Waals surface area contributed by atoms with Crippen LogP contribution in [0.4, 0.5) is 0 Å². The van der Waals surface area contributed by atoms with Gasteiger partial charge in [0.05, 0.1) is 24.5 Å². The van der Waals surface area contributed by atoms with Gasteiger partial charge in [-0.25, -0.2) is 4.98 Å². The molecule has 5 fully saturated rings. The minimum Gasteiger partial charge on any atom is -0.465 e. The van der Waals surface area contributed by atoms with Crippen molar-refractivity contribution in [3.8, 4) is 0 Å². The van der Waals surface area contributed by atoms with Gasteiger partial charge in [0.2, 0.25) is 0 Å². The molecule has 0 amide bonds. The number of nitrogens with zero attached hydrogens (tertiary/aromatic N) is 2. The van der Waals surface area contributed by atoms with Crippen molar-refractivity contribution in [2.75, 3.05) is 6.61 Å². The van der Waals surface area contributed by atoms with Gasteiger partial charge in [0, 0.05) is 30.3 Å². The molecule has 0 bridgehead atoms. The van der Waals surface area contributed by atoms with Crippen LogP contribution in [0.1, 0.15) is 98.2 Å². The number of aromatic nitrogens is 2. The average Bonchev–Trinajstić information content (AvgIpc) is 3.53. The lowest BCUT2D eigenvalue weighted by atomic mass is 9.33. The van der Waals surface area contributed by atoms with Crippen LogP contribution >= 0.6 is 0 Å². The highest BCUT2D eigenvalue weighted by Crippen LogP contribution is 2.77. The summed E-state index contributed by atoms with van der Waals surface area (Å²) < 4.78 is 14.6. The number of fused-ring (bicyclic) bond motifs is 4. The highest BCUT2D eigenvalue weighted by Gasteiger charge is 2.74. The molecule has 1 aromatic rings. The van der Waals surface area contributed by atoms with Crippen LogP contribution in [0.3, 0.4) is 0 Å². The fraction of sp³-hybridized carbons (Fsp3) is 0.757. The third-order valence-corrected chi connectivity index (χ3v) is 14.2. The van der Waals surface area contributed by atoms with E-state index in [9.17, 15) is 14.7 Å². The fourth-order valence-electron chi connectivity index (χ4n) is 11.9. The van der Waals surface area contributed by atoms with E-state index in [0.717, 1.165) is 74.9 Å². The lowest BCUT2D eigenvalue weighted by Gasteiger charge is -2.71. The number of imidazole rings is 1. The molecule has 0 unspecified atom stereocenters. The zero-order chi connectivity index (χ0) is 31.8. The van der Waals surface area contributed by atoms with Crippen molar-refractivity contribution >= 4 is 11.9 Å². The zero-order valence-electron chi connectivity index (χ0n) is 27.9. The first-order valence-corrected chi connectivity index (χ1v) is 17.0. The summed E-state index contributed by atoms with van der Waals surface area (Å²) in [4.78, 5) is 31.8. The van der Waals surface area contributed by atoms with Crippen LogP contribution in [0.15, 0.2) is 36.7 Å². The molecule has 2 heterocycles. The van der Waals surface area contributed by atoms with Gasteiger partial charge in [-0.3, -0.25) is 9.59 Å². The molecule has 0 spiro atoms. The quantitative estimate of drug-likeness (QED) is 0.208. The van der Waals surface area contributed by atoms with Gasteiger partial charge in [0.15, 0.2) is 0 Å². The van der Waals surface area contributed by atoms with E-state index in [4.69, 9.17) is 9.47 Å². The third kappa shape index (κ3) is 4.34.